The normalized spacial score (nSPS) is 14.5. The summed E-state index contributed by atoms with van der Waals surface area (Å²) in [5.74, 6) is -6.66. The molecule has 0 radical (unpaired) electrons. The number of halogens is 7. The van der Waals surface area contributed by atoms with Gasteiger partial charge in [-0.1, -0.05) is 0 Å². The zero-order chi connectivity index (χ0) is 30.6. The van der Waals surface area contributed by atoms with Gasteiger partial charge in [0.25, 0.3) is 5.91 Å². The van der Waals surface area contributed by atoms with Crippen molar-refractivity contribution in [3.8, 4) is 16.9 Å². The van der Waals surface area contributed by atoms with Crippen LogP contribution in [0.2, 0.25) is 0 Å². The van der Waals surface area contributed by atoms with Crippen LogP contribution in [0.15, 0.2) is 59.7 Å². The molecule has 4 heterocycles. The molecule has 2 aromatic carbocycles. The van der Waals surface area contributed by atoms with E-state index in [0.717, 1.165) is 21.4 Å². The Hall–Kier alpha value is -4.95. The average molecular weight is 604 g/mol. The lowest BCUT2D eigenvalue weighted by molar-refractivity contribution is -0.142. The first-order valence-corrected chi connectivity index (χ1v) is 12.9. The molecule has 0 bridgehead atoms. The summed E-state index contributed by atoms with van der Waals surface area (Å²) in [4.78, 5) is 33.9. The van der Waals surface area contributed by atoms with Crippen molar-refractivity contribution in [1.29, 1.82) is 0 Å². The topological polar surface area (TPSA) is 88.8 Å². The van der Waals surface area contributed by atoms with Gasteiger partial charge in [0.2, 0.25) is 0 Å². The Kier molecular flexibility index (Phi) is 6.81. The Labute approximate surface area is 237 Å². The molecule has 5 aromatic rings. The van der Waals surface area contributed by atoms with E-state index in [-0.39, 0.29) is 53.9 Å². The molecule has 0 aliphatic carbocycles. The minimum atomic E-state index is -5.34. The number of nitrogens with zero attached hydrogens (tertiary/aromatic N) is 5. The summed E-state index contributed by atoms with van der Waals surface area (Å²) < 4.78 is 99.9. The number of hydrogen-bond acceptors (Lipinski definition) is 4. The number of imidazole rings is 1. The summed E-state index contributed by atoms with van der Waals surface area (Å²) in [7, 11) is 0. The van der Waals surface area contributed by atoms with Crippen molar-refractivity contribution in [2.45, 2.75) is 25.1 Å². The molecule has 3 aromatic heterocycles. The number of aromatic nitrogens is 5. The first-order valence-electron chi connectivity index (χ1n) is 12.9. The van der Waals surface area contributed by atoms with Gasteiger partial charge in [-0.3, -0.25) is 14.3 Å². The maximum Gasteiger partial charge on any atom is 0.422 e. The summed E-state index contributed by atoms with van der Waals surface area (Å²) in [5.41, 5.74) is -3.50. The van der Waals surface area contributed by atoms with E-state index in [1.165, 1.54) is 41.6 Å². The van der Waals surface area contributed by atoms with Crippen LogP contribution in [-0.4, -0.2) is 48.2 Å². The van der Waals surface area contributed by atoms with E-state index in [0.29, 0.717) is 6.07 Å². The average Bonchev–Trinajstić information content (AvgIpc) is 3.56. The Balaban J connectivity index is 1.33. The molecule has 0 saturated carbocycles. The standard InChI is InChI=1S/C28H19F7N6O2/c29-16-4-6-20(24(32)22(16)28(33,34)35)41-21(14-2-1-9-36-13-14)12-19(38-41)26(42)39-10-7-15(8-11-39)40-25-18(37-27(40)43)5-3-17(30)23(25)31/h1-6,9,12-13,15H,7-8,10-11H2,(H,37,43). The first-order chi connectivity index (χ1) is 20.5. The number of H-pyrrole nitrogens is 1. The number of fused-ring (bicyclic) bond motifs is 1. The molecule has 43 heavy (non-hydrogen) atoms. The number of carbonyl (C=O) groups is 1. The molecule has 1 N–H and O–H groups in total. The number of alkyl halides is 3. The number of nitrogens with one attached hydrogen (secondary N) is 1. The SMILES string of the molecule is O=C(c1cc(-c2cccnc2)n(-c2ccc(F)c(C(F)(F)F)c2F)n1)N1CCC(n2c(=O)[nH]c3ccc(F)c(F)c32)CC1. The monoisotopic (exact) mass is 604 g/mol. The van der Waals surface area contributed by atoms with E-state index < -0.39 is 58.3 Å². The van der Waals surface area contributed by atoms with Gasteiger partial charge in [0.1, 0.15) is 22.6 Å². The van der Waals surface area contributed by atoms with Crippen LogP contribution in [0, 0.1) is 23.3 Å². The van der Waals surface area contributed by atoms with Crippen LogP contribution in [0.4, 0.5) is 30.7 Å². The van der Waals surface area contributed by atoms with Gasteiger partial charge in [-0.15, -0.1) is 0 Å². The molecule has 8 nitrogen and oxygen atoms in total. The summed E-state index contributed by atoms with van der Waals surface area (Å²) in [6, 6.07) is 7.12. The van der Waals surface area contributed by atoms with Gasteiger partial charge in [0, 0.05) is 37.1 Å². The maximum absolute atomic E-state index is 15.1. The van der Waals surface area contributed by atoms with Crippen LogP contribution in [0.5, 0.6) is 0 Å². The largest absolute Gasteiger partial charge is 0.422 e. The first kappa shape index (κ1) is 28.2. The van der Waals surface area contributed by atoms with Gasteiger partial charge in [0.15, 0.2) is 23.1 Å². The van der Waals surface area contributed by atoms with Crippen LogP contribution in [0.1, 0.15) is 34.9 Å². The van der Waals surface area contributed by atoms with Crippen LogP contribution in [0.3, 0.4) is 0 Å². The van der Waals surface area contributed by atoms with Crippen molar-refractivity contribution in [2.24, 2.45) is 0 Å². The minimum absolute atomic E-state index is 0.0211. The molecule has 1 aliphatic rings. The highest BCUT2D eigenvalue weighted by Crippen LogP contribution is 2.37. The number of carbonyl (C=O) groups excluding carboxylic acids is 1. The summed E-state index contributed by atoms with van der Waals surface area (Å²) in [6.07, 6.45) is -2.20. The molecule has 1 saturated heterocycles. The Morgan fingerprint density at radius 3 is 2.35 bits per heavy atom. The van der Waals surface area contributed by atoms with Crippen molar-refractivity contribution in [3.05, 3.63) is 99.9 Å². The van der Waals surface area contributed by atoms with Crippen molar-refractivity contribution >= 4 is 16.9 Å². The molecule has 222 valence electrons. The number of amides is 1. The molecule has 6 rings (SSSR count). The van der Waals surface area contributed by atoms with Gasteiger partial charge >= 0.3 is 11.9 Å². The third-order valence-electron chi connectivity index (χ3n) is 7.36. The van der Waals surface area contributed by atoms with E-state index in [4.69, 9.17) is 0 Å². The zero-order valence-electron chi connectivity index (χ0n) is 21.8. The molecule has 1 amide bonds. The maximum atomic E-state index is 15.1. The lowest BCUT2D eigenvalue weighted by atomic mass is 10.0. The fourth-order valence-electron chi connectivity index (χ4n) is 5.34. The highest BCUT2D eigenvalue weighted by Gasteiger charge is 2.39. The molecule has 1 fully saturated rings. The van der Waals surface area contributed by atoms with Crippen LogP contribution < -0.4 is 5.69 Å². The summed E-state index contributed by atoms with van der Waals surface area (Å²) in [6.45, 7) is 0.134. The minimum Gasteiger partial charge on any atom is -0.337 e. The van der Waals surface area contributed by atoms with Crippen molar-refractivity contribution in [3.63, 3.8) is 0 Å². The molecular formula is C28H19F7N6O2. The van der Waals surface area contributed by atoms with Crippen LogP contribution in [-0.2, 0) is 6.18 Å². The molecule has 0 unspecified atom stereocenters. The molecule has 0 spiro atoms. The fraction of sp³-hybridized carbons (Fsp3) is 0.214. The highest BCUT2D eigenvalue weighted by atomic mass is 19.4. The summed E-state index contributed by atoms with van der Waals surface area (Å²) in [5, 5.41) is 4.11. The third-order valence-corrected chi connectivity index (χ3v) is 7.36. The lowest BCUT2D eigenvalue weighted by Gasteiger charge is -2.32. The van der Waals surface area contributed by atoms with Gasteiger partial charge in [-0.2, -0.15) is 18.3 Å². The number of rotatable bonds is 4. The van der Waals surface area contributed by atoms with E-state index >= 15 is 4.39 Å². The Morgan fingerprint density at radius 2 is 1.67 bits per heavy atom. The van der Waals surface area contributed by atoms with E-state index in [2.05, 4.69) is 15.1 Å². The highest BCUT2D eigenvalue weighted by molar-refractivity contribution is 5.93. The molecular weight excluding hydrogens is 585 g/mol. The second-order valence-corrected chi connectivity index (χ2v) is 9.90. The van der Waals surface area contributed by atoms with Gasteiger partial charge in [-0.25, -0.2) is 27.0 Å². The van der Waals surface area contributed by atoms with Crippen LogP contribution >= 0.6 is 0 Å². The van der Waals surface area contributed by atoms with Gasteiger partial charge in [-0.05, 0) is 55.3 Å². The van der Waals surface area contributed by atoms with Crippen LogP contribution in [0.25, 0.3) is 28.0 Å². The predicted molar refractivity (Wildman–Crippen MR) is 138 cm³/mol. The number of hydrogen-bond donors (Lipinski definition) is 1. The molecule has 0 atom stereocenters. The fourth-order valence-corrected chi connectivity index (χ4v) is 5.34. The lowest BCUT2D eigenvalue weighted by Crippen LogP contribution is -2.40. The van der Waals surface area contributed by atoms with Crippen molar-refractivity contribution < 1.29 is 35.5 Å². The van der Waals surface area contributed by atoms with E-state index in [1.54, 1.807) is 0 Å². The number of pyridine rings is 1. The second kappa shape index (κ2) is 10.4. The van der Waals surface area contributed by atoms with E-state index in [1.807, 2.05) is 0 Å². The number of piperidine rings is 1. The van der Waals surface area contributed by atoms with E-state index in [9.17, 15) is 35.9 Å². The zero-order valence-corrected chi connectivity index (χ0v) is 21.8. The third kappa shape index (κ3) is 4.83. The number of likely N-dealkylation sites (tertiary alicyclic amines) is 1. The second-order valence-electron chi connectivity index (χ2n) is 9.90. The molecule has 15 heteroatoms. The quantitative estimate of drug-likeness (QED) is 0.270. The van der Waals surface area contributed by atoms with Crippen molar-refractivity contribution in [1.82, 2.24) is 29.2 Å². The van der Waals surface area contributed by atoms with Gasteiger partial charge in [0.05, 0.1) is 11.2 Å². The summed E-state index contributed by atoms with van der Waals surface area (Å²) >= 11 is 0. The smallest absolute Gasteiger partial charge is 0.337 e. The Morgan fingerprint density at radius 1 is 0.953 bits per heavy atom. The van der Waals surface area contributed by atoms with Gasteiger partial charge < -0.3 is 9.88 Å². The Bertz CT molecular complexity index is 1920. The predicted octanol–water partition coefficient (Wildman–Crippen LogP) is 5.63. The van der Waals surface area contributed by atoms with Crippen molar-refractivity contribution in [2.75, 3.05) is 13.1 Å². The number of aromatic amines is 1. The molecule has 1 aliphatic heterocycles. The number of benzene rings is 2.